The molecule has 0 saturated carbocycles. The third kappa shape index (κ3) is 2.35. The summed E-state index contributed by atoms with van der Waals surface area (Å²) in [5, 5.41) is 1.14. The number of benzene rings is 1. The molecule has 23 heavy (non-hydrogen) atoms. The maximum atomic E-state index is 12.9. The number of carbonyl (C=O) groups is 1. The van der Waals surface area contributed by atoms with E-state index >= 15 is 0 Å². The number of H-pyrrole nitrogens is 1. The van der Waals surface area contributed by atoms with E-state index in [2.05, 4.69) is 42.9 Å². The molecular weight excluding hydrogens is 290 g/mol. The van der Waals surface area contributed by atoms with Crippen LogP contribution in [0.25, 0.3) is 10.9 Å². The maximum Gasteiger partial charge on any atom is 0.270 e. The molecule has 2 atom stereocenters. The molecule has 2 saturated heterocycles. The van der Waals surface area contributed by atoms with Crippen molar-refractivity contribution in [3.8, 4) is 0 Å². The summed E-state index contributed by atoms with van der Waals surface area (Å²) >= 11 is 0. The fourth-order valence-electron chi connectivity index (χ4n) is 3.77. The van der Waals surface area contributed by atoms with Crippen LogP contribution in [0, 0.1) is 13.8 Å². The third-order valence-corrected chi connectivity index (χ3v) is 5.44. The topological polar surface area (TPSA) is 48.6 Å². The molecule has 2 fully saturated rings. The van der Waals surface area contributed by atoms with Crippen LogP contribution >= 0.6 is 0 Å². The molecule has 4 rings (SSSR count). The van der Waals surface area contributed by atoms with Crippen LogP contribution < -0.4 is 0 Å². The van der Waals surface area contributed by atoms with E-state index in [1.807, 2.05) is 11.0 Å². The highest BCUT2D eigenvalue weighted by Crippen LogP contribution is 2.26. The minimum Gasteiger partial charge on any atom is -0.373 e. The lowest BCUT2D eigenvalue weighted by atomic mass is 10.1. The summed E-state index contributed by atoms with van der Waals surface area (Å²) in [6.07, 6.45) is 0.144. The predicted molar refractivity (Wildman–Crippen MR) is 89.8 cm³/mol. The molecule has 0 spiro atoms. The van der Waals surface area contributed by atoms with E-state index < -0.39 is 0 Å². The number of aromatic amines is 1. The van der Waals surface area contributed by atoms with E-state index in [0.29, 0.717) is 18.3 Å². The molecule has 1 N–H and O–H groups in total. The average molecular weight is 313 g/mol. The first kappa shape index (κ1) is 14.7. The van der Waals surface area contributed by atoms with Crippen molar-refractivity contribution < 1.29 is 9.53 Å². The van der Waals surface area contributed by atoms with E-state index in [-0.39, 0.29) is 12.0 Å². The van der Waals surface area contributed by atoms with Gasteiger partial charge in [0.1, 0.15) is 5.69 Å². The lowest BCUT2D eigenvalue weighted by Gasteiger charge is -2.33. The molecule has 0 aliphatic carbocycles. The Kier molecular flexibility index (Phi) is 3.43. The van der Waals surface area contributed by atoms with Gasteiger partial charge < -0.3 is 14.6 Å². The molecule has 0 unspecified atom stereocenters. The van der Waals surface area contributed by atoms with Crippen molar-refractivity contribution in [2.45, 2.75) is 26.0 Å². The molecule has 1 amide bonds. The number of carbonyl (C=O) groups excluding carboxylic acids is 1. The summed E-state index contributed by atoms with van der Waals surface area (Å²) in [4.78, 5) is 20.4. The van der Waals surface area contributed by atoms with E-state index in [9.17, 15) is 4.79 Å². The van der Waals surface area contributed by atoms with Crippen LogP contribution in [0.1, 0.15) is 21.6 Å². The molecule has 2 aliphatic rings. The molecule has 2 aliphatic heterocycles. The Hall–Kier alpha value is -1.85. The quantitative estimate of drug-likeness (QED) is 0.875. The molecule has 0 bridgehead atoms. The number of morpholine rings is 1. The van der Waals surface area contributed by atoms with Crippen molar-refractivity contribution in [3.05, 3.63) is 35.0 Å². The van der Waals surface area contributed by atoms with Crippen LogP contribution in [0.4, 0.5) is 0 Å². The molecule has 5 nitrogen and oxygen atoms in total. The summed E-state index contributed by atoms with van der Waals surface area (Å²) in [6, 6.07) is 6.46. The molecule has 2 aromatic rings. The smallest absolute Gasteiger partial charge is 0.270 e. The average Bonchev–Trinajstić information content (AvgIpc) is 3.15. The summed E-state index contributed by atoms with van der Waals surface area (Å²) < 4.78 is 5.84. The number of fused-ring (bicyclic) bond motifs is 2. The minimum absolute atomic E-state index is 0.0738. The van der Waals surface area contributed by atoms with Gasteiger partial charge in [-0.2, -0.15) is 0 Å². The fraction of sp³-hybridized carbons (Fsp3) is 0.500. The van der Waals surface area contributed by atoms with Gasteiger partial charge in [-0.3, -0.25) is 9.69 Å². The number of amides is 1. The first-order valence-corrected chi connectivity index (χ1v) is 8.24. The van der Waals surface area contributed by atoms with Gasteiger partial charge in [0.2, 0.25) is 0 Å². The number of aromatic nitrogens is 1. The van der Waals surface area contributed by atoms with Crippen molar-refractivity contribution in [3.63, 3.8) is 0 Å². The lowest BCUT2D eigenvalue weighted by molar-refractivity contribution is -0.0368. The fourth-order valence-corrected chi connectivity index (χ4v) is 3.77. The number of rotatable bonds is 1. The lowest BCUT2D eigenvalue weighted by Crippen LogP contribution is -2.48. The number of likely N-dealkylation sites (N-methyl/N-ethyl adjacent to an activating group) is 1. The van der Waals surface area contributed by atoms with Crippen molar-refractivity contribution >= 4 is 16.8 Å². The molecule has 1 aromatic heterocycles. The normalized spacial score (nSPS) is 25.1. The summed E-state index contributed by atoms with van der Waals surface area (Å²) in [5.41, 5.74) is 4.19. The van der Waals surface area contributed by atoms with E-state index in [0.717, 1.165) is 30.6 Å². The molecule has 5 heteroatoms. The number of nitrogens with zero attached hydrogens (tertiary/aromatic N) is 2. The largest absolute Gasteiger partial charge is 0.373 e. The van der Waals surface area contributed by atoms with Gasteiger partial charge in [-0.05, 0) is 44.2 Å². The van der Waals surface area contributed by atoms with Crippen LogP contribution in [0.3, 0.4) is 0 Å². The standard InChI is InChI=1S/C18H23N3O2/c1-11-4-5-14-13(12(11)2)8-15(19-14)18(22)21-9-16-17(10-21)23-7-6-20(16)3/h4-5,8,16-17,19H,6-7,9-10H2,1-3H3/t16-,17+/m0/s1. The Labute approximate surface area is 136 Å². The van der Waals surface area contributed by atoms with Crippen LogP contribution in [0.2, 0.25) is 0 Å². The highest BCUT2D eigenvalue weighted by atomic mass is 16.5. The van der Waals surface area contributed by atoms with Gasteiger partial charge in [0.25, 0.3) is 5.91 Å². The van der Waals surface area contributed by atoms with Gasteiger partial charge in [-0.1, -0.05) is 6.07 Å². The van der Waals surface area contributed by atoms with Gasteiger partial charge in [0, 0.05) is 30.5 Å². The molecule has 122 valence electrons. The number of nitrogens with one attached hydrogen (secondary N) is 1. The van der Waals surface area contributed by atoms with Crippen molar-refractivity contribution in [2.24, 2.45) is 0 Å². The maximum absolute atomic E-state index is 12.9. The second-order valence-electron chi connectivity index (χ2n) is 6.82. The Balaban J connectivity index is 1.61. The Morgan fingerprint density at radius 1 is 1.30 bits per heavy atom. The van der Waals surface area contributed by atoms with E-state index in [1.165, 1.54) is 11.1 Å². The predicted octanol–water partition coefficient (Wildman–Crippen LogP) is 1.94. The second-order valence-corrected chi connectivity index (χ2v) is 6.82. The number of likely N-dealkylation sites (tertiary alicyclic amines) is 1. The van der Waals surface area contributed by atoms with Gasteiger partial charge in [-0.25, -0.2) is 0 Å². The van der Waals surface area contributed by atoms with E-state index in [1.54, 1.807) is 0 Å². The van der Waals surface area contributed by atoms with Crippen molar-refractivity contribution in [2.75, 3.05) is 33.3 Å². The summed E-state index contributed by atoms with van der Waals surface area (Å²) in [6.45, 7) is 7.32. The summed E-state index contributed by atoms with van der Waals surface area (Å²) in [7, 11) is 2.11. The SMILES string of the molecule is Cc1ccc2[nH]c(C(=O)N3C[C@H]4OCCN(C)[C@H]4C3)cc2c1C. The van der Waals surface area contributed by atoms with Crippen LogP contribution in [-0.4, -0.2) is 66.1 Å². The van der Waals surface area contributed by atoms with E-state index in [4.69, 9.17) is 4.74 Å². The second kappa shape index (κ2) is 5.35. The van der Waals surface area contributed by atoms with Gasteiger partial charge in [0.15, 0.2) is 0 Å². The monoisotopic (exact) mass is 313 g/mol. The van der Waals surface area contributed by atoms with Crippen LogP contribution in [0.15, 0.2) is 18.2 Å². The Bertz CT molecular complexity index is 767. The van der Waals surface area contributed by atoms with Crippen molar-refractivity contribution in [1.29, 1.82) is 0 Å². The first-order valence-electron chi connectivity index (χ1n) is 8.24. The third-order valence-electron chi connectivity index (χ3n) is 5.44. The van der Waals surface area contributed by atoms with Crippen LogP contribution in [-0.2, 0) is 4.74 Å². The Morgan fingerprint density at radius 3 is 2.91 bits per heavy atom. The number of hydrogen-bond donors (Lipinski definition) is 1. The van der Waals surface area contributed by atoms with Gasteiger partial charge in [0.05, 0.1) is 18.8 Å². The zero-order valence-corrected chi connectivity index (χ0v) is 13.9. The zero-order valence-electron chi connectivity index (χ0n) is 13.9. The molecule has 0 radical (unpaired) electrons. The highest BCUT2D eigenvalue weighted by molar-refractivity contribution is 5.99. The zero-order chi connectivity index (χ0) is 16.1. The molecular formula is C18H23N3O2. The number of hydrogen-bond acceptors (Lipinski definition) is 3. The van der Waals surface area contributed by atoms with Crippen LogP contribution in [0.5, 0.6) is 0 Å². The number of aryl methyl sites for hydroxylation is 2. The highest BCUT2D eigenvalue weighted by Gasteiger charge is 2.40. The first-order chi connectivity index (χ1) is 11.0. The van der Waals surface area contributed by atoms with Gasteiger partial charge >= 0.3 is 0 Å². The minimum atomic E-state index is 0.0738. The van der Waals surface area contributed by atoms with Crippen molar-refractivity contribution in [1.82, 2.24) is 14.8 Å². The molecule has 3 heterocycles. The van der Waals surface area contributed by atoms with Gasteiger partial charge in [-0.15, -0.1) is 0 Å². The molecule has 1 aromatic carbocycles. The number of ether oxygens (including phenoxy) is 1. The summed E-state index contributed by atoms with van der Waals surface area (Å²) in [5.74, 6) is 0.0738. The Morgan fingerprint density at radius 2 is 2.13 bits per heavy atom.